The predicted molar refractivity (Wildman–Crippen MR) is 83.8 cm³/mol. The number of halogens is 1. The number of hydrogen-bond acceptors (Lipinski definition) is 4. The molecule has 3 rings (SSSR count). The van der Waals surface area contributed by atoms with Gasteiger partial charge in [0, 0.05) is 12.6 Å². The first-order chi connectivity index (χ1) is 11.1. The number of amides is 1. The van der Waals surface area contributed by atoms with Gasteiger partial charge >= 0.3 is 5.97 Å². The molecule has 0 radical (unpaired) electrons. The maximum Gasteiger partial charge on any atom is 0.326 e. The zero-order valence-electron chi connectivity index (χ0n) is 12.3. The van der Waals surface area contributed by atoms with Crippen LogP contribution >= 0.6 is 11.6 Å². The van der Waals surface area contributed by atoms with Crippen molar-refractivity contribution in [1.82, 2.24) is 4.90 Å². The van der Waals surface area contributed by atoms with E-state index in [1.807, 2.05) is 0 Å². The normalized spacial score (nSPS) is 20.0. The molecule has 23 heavy (non-hydrogen) atoms. The molecule has 2 heterocycles. The largest absolute Gasteiger partial charge is 0.486 e. The van der Waals surface area contributed by atoms with Crippen LogP contribution in [-0.2, 0) is 9.59 Å². The lowest BCUT2D eigenvalue weighted by Crippen LogP contribution is -2.39. The minimum atomic E-state index is -0.966. The molecule has 0 aromatic heterocycles. The van der Waals surface area contributed by atoms with Crippen molar-refractivity contribution >= 4 is 29.6 Å². The summed E-state index contributed by atoms with van der Waals surface area (Å²) in [6, 6.07) is 2.68. The Hall–Kier alpha value is -2.21. The summed E-state index contributed by atoms with van der Waals surface area (Å²) >= 11 is 6.14. The van der Waals surface area contributed by atoms with E-state index in [1.54, 1.807) is 18.2 Å². The van der Waals surface area contributed by atoms with Gasteiger partial charge in [0.05, 0.1) is 5.02 Å². The molecule has 2 aliphatic heterocycles. The fourth-order valence-electron chi connectivity index (χ4n) is 2.78. The standard InChI is InChI=1S/C16H16ClNO5/c17-11-8-10(9-13-15(11)23-7-6-22-13)3-4-14(19)18-5-1-2-12(18)16(20)21/h3-4,8-9,12H,1-2,5-7H2,(H,20,21)/b4-3+. The fourth-order valence-corrected chi connectivity index (χ4v) is 3.05. The number of carbonyl (C=O) groups is 2. The molecular weight excluding hydrogens is 322 g/mol. The van der Waals surface area contributed by atoms with Crippen molar-refractivity contribution in [2.45, 2.75) is 18.9 Å². The predicted octanol–water partition coefficient (Wildman–Crippen LogP) is 2.20. The van der Waals surface area contributed by atoms with Gasteiger partial charge in [0.15, 0.2) is 11.5 Å². The molecule has 1 unspecified atom stereocenters. The molecule has 0 aliphatic carbocycles. The van der Waals surface area contributed by atoms with Gasteiger partial charge in [-0.1, -0.05) is 11.6 Å². The summed E-state index contributed by atoms with van der Waals surface area (Å²) in [6.45, 7) is 1.36. The topological polar surface area (TPSA) is 76.1 Å². The van der Waals surface area contributed by atoms with Crippen LogP contribution < -0.4 is 9.47 Å². The molecule has 0 spiro atoms. The lowest BCUT2D eigenvalue weighted by Gasteiger charge is -2.20. The highest BCUT2D eigenvalue weighted by Crippen LogP contribution is 2.38. The van der Waals surface area contributed by atoms with E-state index < -0.39 is 12.0 Å². The molecule has 1 aromatic rings. The molecule has 2 aliphatic rings. The first-order valence-electron chi connectivity index (χ1n) is 7.37. The van der Waals surface area contributed by atoms with Crippen molar-refractivity contribution in [3.05, 3.63) is 28.8 Å². The molecule has 1 atom stereocenters. The van der Waals surface area contributed by atoms with E-state index in [0.29, 0.717) is 54.7 Å². The number of rotatable bonds is 3. The summed E-state index contributed by atoms with van der Waals surface area (Å²) in [7, 11) is 0. The van der Waals surface area contributed by atoms with E-state index in [9.17, 15) is 9.59 Å². The maximum atomic E-state index is 12.2. The van der Waals surface area contributed by atoms with Gasteiger partial charge in [-0.3, -0.25) is 4.79 Å². The van der Waals surface area contributed by atoms with Gasteiger partial charge in [-0.2, -0.15) is 0 Å². The molecule has 0 saturated carbocycles. The van der Waals surface area contributed by atoms with Crippen LogP contribution in [0.2, 0.25) is 5.02 Å². The highest BCUT2D eigenvalue weighted by Gasteiger charge is 2.32. The zero-order valence-corrected chi connectivity index (χ0v) is 13.1. The van der Waals surface area contributed by atoms with E-state index in [1.165, 1.54) is 11.0 Å². The number of hydrogen-bond donors (Lipinski definition) is 1. The number of benzene rings is 1. The van der Waals surface area contributed by atoms with Crippen LogP contribution in [0.1, 0.15) is 18.4 Å². The minimum Gasteiger partial charge on any atom is -0.486 e. The number of carboxylic acid groups (broad SMARTS) is 1. The Labute approximate surface area is 138 Å². The highest BCUT2D eigenvalue weighted by molar-refractivity contribution is 6.32. The third-order valence-corrected chi connectivity index (χ3v) is 4.14. The van der Waals surface area contributed by atoms with Gasteiger partial charge in [-0.15, -0.1) is 0 Å². The quantitative estimate of drug-likeness (QED) is 0.856. The second-order valence-electron chi connectivity index (χ2n) is 5.39. The summed E-state index contributed by atoms with van der Waals surface area (Å²) in [5.74, 6) is -0.236. The lowest BCUT2D eigenvalue weighted by molar-refractivity contribution is -0.146. The van der Waals surface area contributed by atoms with E-state index >= 15 is 0 Å². The maximum absolute atomic E-state index is 12.2. The van der Waals surface area contributed by atoms with Gasteiger partial charge in [-0.25, -0.2) is 4.79 Å². The van der Waals surface area contributed by atoms with Gasteiger partial charge in [0.1, 0.15) is 19.3 Å². The molecular formula is C16H16ClNO5. The molecule has 122 valence electrons. The average molecular weight is 338 g/mol. The van der Waals surface area contributed by atoms with Gasteiger partial charge in [0.25, 0.3) is 0 Å². The molecule has 7 heteroatoms. The summed E-state index contributed by atoms with van der Waals surface area (Å²) in [4.78, 5) is 24.7. The Kier molecular flexibility index (Phi) is 4.43. The van der Waals surface area contributed by atoms with Crippen LogP contribution in [0.25, 0.3) is 6.08 Å². The van der Waals surface area contributed by atoms with Gasteiger partial charge < -0.3 is 19.5 Å². The number of carboxylic acids is 1. The first-order valence-corrected chi connectivity index (χ1v) is 7.74. The molecule has 1 N–H and O–H groups in total. The Bertz CT molecular complexity index is 673. The number of aliphatic carboxylic acids is 1. The van der Waals surface area contributed by atoms with Crippen LogP contribution in [0.15, 0.2) is 18.2 Å². The lowest BCUT2D eigenvalue weighted by atomic mass is 10.1. The first kappa shape index (κ1) is 15.7. The molecule has 6 nitrogen and oxygen atoms in total. The summed E-state index contributed by atoms with van der Waals surface area (Å²) in [6.07, 6.45) is 4.16. The number of carbonyl (C=O) groups excluding carboxylic acids is 1. The number of fused-ring (bicyclic) bond motifs is 1. The molecule has 1 aromatic carbocycles. The van der Waals surface area contributed by atoms with Crippen molar-refractivity contribution in [2.75, 3.05) is 19.8 Å². The van der Waals surface area contributed by atoms with Crippen molar-refractivity contribution < 1.29 is 24.2 Å². The van der Waals surface area contributed by atoms with Gasteiger partial charge in [0.2, 0.25) is 5.91 Å². The smallest absolute Gasteiger partial charge is 0.326 e. The molecule has 0 bridgehead atoms. The van der Waals surface area contributed by atoms with Crippen molar-refractivity contribution in [1.29, 1.82) is 0 Å². The highest BCUT2D eigenvalue weighted by atomic mass is 35.5. The fraction of sp³-hybridized carbons (Fsp3) is 0.375. The molecule has 1 amide bonds. The second kappa shape index (κ2) is 6.50. The molecule has 1 saturated heterocycles. The van der Waals surface area contributed by atoms with E-state index in [-0.39, 0.29) is 5.91 Å². The summed E-state index contributed by atoms with van der Waals surface area (Å²) in [5.41, 5.74) is 0.693. The van der Waals surface area contributed by atoms with Crippen LogP contribution in [0, 0.1) is 0 Å². The zero-order chi connectivity index (χ0) is 16.4. The Balaban J connectivity index is 1.76. The third-order valence-electron chi connectivity index (χ3n) is 3.86. The second-order valence-corrected chi connectivity index (χ2v) is 5.80. The molecule has 1 fully saturated rings. The number of ether oxygens (including phenoxy) is 2. The monoisotopic (exact) mass is 337 g/mol. The third kappa shape index (κ3) is 3.27. The van der Waals surface area contributed by atoms with Crippen LogP contribution in [0.3, 0.4) is 0 Å². The Morgan fingerprint density at radius 2 is 2.09 bits per heavy atom. The number of nitrogens with zero attached hydrogens (tertiary/aromatic N) is 1. The van der Waals surface area contributed by atoms with E-state index in [4.69, 9.17) is 26.2 Å². The van der Waals surface area contributed by atoms with Gasteiger partial charge in [-0.05, 0) is 36.6 Å². The minimum absolute atomic E-state index is 0.319. The SMILES string of the molecule is O=C(O)C1CCCN1C(=O)/C=C/c1cc(Cl)c2c(c1)OCCO2. The number of likely N-dealkylation sites (tertiary alicyclic amines) is 1. The van der Waals surface area contributed by atoms with Crippen LogP contribution in [0.5, 0.6) is 11.5 Å². The van der Waals surface area contributed by atoms with E-state index in [0.717, 1.165) is 0 Å². The van der Waals surface area contributed by atoms with Crippen molar-refractivity contribution in [2.24, 2.45) is 0 Å². The van der Waals surface area contributed by atoms with E-state index in [2.05, 4.69) is 0 Å². The summed E-state index contributed by atoms with van der Waals surface area (Å²) in [5, 5.41) is 9.54. The van der Waals surface area contributed by atoms with Crippen LogP contribution in [0.4, 0.5) is 0 Å². The average Bonchev–Trinajstić information content (AvgIpc) is 3.02. The van der Waals surface area contributed by atoms with Crippen LogP contribution in [-0.4, -0.2) is 47.7 Å². The van der Waals surface area contributed by atoms with Crippen molar-refractivity contribution in [3.8, 4) is 11.5 Å². The Morgan fingerprint density at radius 3 is 2.87 bits per heavy atom. The van der Waals surface area contributed by atoms with Crippen molar-refractivity contribution in [3.63, 3.8) is 0 Å². The summed E-state index contributed by atoms with van der Waals surface area (Å²) < 4.78 is 10.9. The Morgan fingerprint density at radius 1 is 1.30 bits per heavy atom.